The molecule has 0 saturated carbocycles. The molecule has 3 aromatic carbocycles. The van der Waals surface area contributed by atoms with Gasteiger partial charge in [0.15, 0.2) is 0 Å². The first-order valence-electron chi connectivity index (χ1n) is 11.3. The summed E-state index contributed by atoms with van der Waals surface area (Å²) < 4.78 is 5.44. The molecule has 6 heteroatoms. The molecule has 0 saturated heterocycles. The van der Waals surface area contributed by atoms with Gasteiger partial charge in [0.1, 0.15) is 16.8 Å². The minimum absolute atomic E-state index is 0.125. The number of amides is 1. The number of thioether (sulfide) groups is 1. The van der Waals surface area contributed by atoms with E-state index < -0.39 is 0 Å². The quantitative estimate of drug-likeness (QED) is 0.284. The van der Waals surface area contributed by atoms with E-state index in [0.717, 1.165) is 33.7 Å². The molecule has 0 atom stereocenters. The predicted molar refractivity (Wildman–Crippen MR) is 142 cm³/mol. The zero-order chi connectivity index (χ0) is 24.6. The van der Waals surface area contributed by atoms with Gasteiger partial charge in [-0.15, -0.1) is 0 Å². The van der Waals surface area contributed by atoms with Crippen LogP contribution in [0.1, 0.15) is 18.1 Å². The number of carbonyl (C=O) groups excluding carboxylic acids is 1. The number of nitrogens with zero attached hydrogens (tertiary/aromatic N) is 2. The van der Waals surface area contributed by atoms with Gasteiger partial charge in [0, 0.05) is 16.8 Å². The first-order chi connectivity index (χ1) is 17.1. The van der Waals surface area contributed by atoms with E-state index in [0.29, 0.717) is 22.9 Å². The van der Waals surface area contributed by atoms with Crippen LogP contribution in [-0.4, -0.2) is 23.3 Å². The van der Waals surface area contributed by atoms with Gasteiger partial charge >= 0.3 is 0 Å². The van der Waals surface area contributed by atoms with Crippen molar-refractivity contribution >= 4 is 23.4 Å². The van der Waals surface area contributed by atoms with Gasteiger partial charge in [-0.1, -0.05) is 71.9 Å². The molecule has 0 radical (unpaired) electrons. The molecule has 0 aliphatic rings. The maximum Gasteiger partial charge on any atom is 0.234 e. The Balaban J connectivity index is 1.61. The molecule has 4 aromatic rings. The summed E-state index contributed by atoms with van der Waals surface area (Å²) >= 11 is 1.26. The molecular weight excluding hydrogens is 454 g/mol. The highest BCUT2D eigenvalue weighted by molar-refractivity contribution is 8.00. The zero-order valence-electron chi connectivity index (χ0n) is 19.6. The van der Waals surface area contributed by atoms with Crippen molar-refractivity contribution in [1.29, 1.82) is 5.26 Å². The Labute approximate surface area is 209 Å². The lowest BCUT2D eigenvalue weighted by Gasteiger charge is -2.13. The van der Waals surface area contributed by atoms with E-state index >= 15 is 0 Å². The van der Waals surface area contributed by atoms with Gasteiger partial charge in [0.05, 0.1) is 23.6 Å². The van der Waals surface area contributed by atoms with Crippen molar-refractivity contribution in [1.82, 2.24) is 4.98 Å². The summed E-state index contributed by atoms with van der Waals surface area (Å²) in [5.41, 5.74) is 5.74. The van der Waals surface area contributed by atoms with E-state index in [1.165, 1.54) is 11.8 Å². The number of pyridine rings is 1. The van der Waals surface area contributed by atoms with Crippen molar-refractivity contribution in [3.8, 4) is 34.2 Å². The molecule has 35 heavy (non-hydrogen) atoms. The Bertz CT molecular complexity index is 1350. The minimum Gasteiger partial charge on any atom is -0.494 e. The topological polar surface area (TPSA) is 75.0 Å². The number of aryl methyl sites for hydroxylation is 1. The molecule has 4 rings (SSSR count). The number of anilines is 1. The molecule has 5 nitrogen and oxygen atoms in total. The summed E-state index contributed by atoms with van der Waals surface area (Å²) in [4.78, 5) is 17.4. The van der Waals surface area contributed by atoms with E-state index in [2.05, 4.69) is 11.4 Å². The van der Waals surface area contributed by atoms with Gasteiger partial charge in [0.25, 0.3) is 0 Å². The van der Waals surface area contributed by atoms with Crippen molar-refractivity contribution in [2.45, 2.75) is 18.9 Å². The number of benzene rings is 3. The van der Waals surface area contributed by atoms with Crippen molar-refractivity contribution < 1.29 is 9.53 Å². The SMILES string of the molecule is CCOc1ccc(NC(=O)CSc2nc(-c3ccccc3)cc(-c3ccc(C)cc3)c2C#N)cc1. The van der Waals surface area contributed by atoms with Crippen LogP contribution in [0.5, 0.6) is 5.75 Å². The lowest BCUT2D eigenvalue weighted by molar-refractivity contribution is -0.113. The van der Waals surface area contributed by atoms with E-state index in [4.69, 9.17) is 9.72 Å². The van der Waals surface area contributed by atoms with Crippen LogP contribution in [-0.2, 0) is 4.79 Å². The predicted octanol–water partition coefficient (Wildman–Crippen LogP) is 6.73. The van der Waals surface area contributed by atoms with Crippen LogP contribution in [0.2, 0.25) is 0 Å². The van der Waals surface area contributed by atoms with Gasteiger partial charge < -0.3 is 10.1 Å². The van der Waals surface area contributed by atoms with Gasteiger partial charge in [-0.05, 0) is 49.7 Å². The molecule has 0 bridgehead atoms. The number of nitrogens with one attached hydrogen (secondary N) is 1. The fourth-order valence-electron chi connectivity index (χ4n) is 3.58. The van der Waals surface area contributed by atoms with Crippen molar-refractivity contribution in [2.24, 2.45) is 0 Å². The maximum atomic E-state index is 12.7. The minimum atomic E-state index is -0.174. The highest BCUT2D eigenvalue weighted by atomic mass is 32.2. The first kappa shape index (κ1) is 24.1. The summed E-state index contributed by atoms with van der Waals surface area (Å²) in [5, 5.41) is 13.5. The number of nitriles is 1. The molecule has 0 spiro atoms. The van der Waals surface area contributed by atoms with Crippen LogP contribution in [0.3, 0.4) is 0 Å². The summed E-state index contributed by atoms with van der Waals surface area (Å²) in [5.74, 6) is 0.705. The standard InChI is InChI=1S/C29H25N3O2S/c1-3-34-24-15-13-23(14-16-24)31-28(33)19-35-29-26(18-30)25(21-11-9-20(2)10-12-21)17-27(32-29)22-7-5-4-6-8-22/h4-17H,3,19H2,1-2H3,(H,31,33). The molecule has 1 amide bonds. The number of hydrogen-bond donors (Lipinski definition) is 1. The fraction of sp³-hybridized carbons (Fsp3) is 0.138. The lowest BCUT2D eigenvalue weighted by atomic mass is 9.98. The second-order valence-corrected chi connectivity index (χ2v) is 8.84. The number of rotatable bonds is 8. The van der Waals surface area contributed by atoms with E-state index in [9.17, 15) is 10.1 Å². The van der Waals surface area contributed by atoms with Crippen LogP contribution >= 0.6 is 11.8 Å². The maximum absolute atomic E-state index is 12.7. The Morgan fingerprint density at radius 1 is 1.00 bits per heavy atom. The van der Waals surface area contributed by atoms with Crippen LogP contribution < -0.4 is 10.1 Å². The monoisotopic (exact) mass is 479 g/mol. The van der Waals surface area contributed by atoms with Crippen molar-refractivity contribution in [2.75, 3.05) is 17.7 Å². The third-order valence-corrected chi connectivity index (χ3v) is 6.29. The van der Waals surface area contributed by atoms with E-state index in [1.807, 2.05) is 86.6 Å². The van der Waals surface area contributed by atoms with Gasteiger partial charge in [0.2, 0.25) is 5.91 Å². The third kappa shape index (κ3) is 6.08. The lowest BCUT2D eigenvalue weighted by Crippen LogP contribution is -2.14. The van der Waals surface area contributed by atoms with Gasteiger partial charge in [-0.25, -0.2) is 4.98 Å². The third-order valence-electron chi connectivity index (χ3n) is 5.32. The average Bonchev–Trinajstić information content (AvgIpc) is 2.89. The van der Waals surface area contributed by atoms with Crippen molar-refractivity contribution in [3.05, 3.63) is 96.1 Å². The number of carbonyl (C=O) groups is 1. The van der Waals surface area contributed by atoms with Crippen molar-refractivity contribution in [3.63, 3.8) is 0 Å². The Morgan fingerprint density at radius 3 is 2.37 bits per heavy atom. The van der Waals surface area contributed by atoms with E-state index in [-0.39, 0.29) is 11.7 Å². The zero-order valence-corrected chi connectivity index (χ0v) is 20.4. The average molecular weight is 480 g/mol. The molecule has 0 aliphatic carbocycles. The smallest absolute Gasteiger partial charge is 0.234 e. The summed E-state index contributed by atoms with van der Waals surface area (Å²) in [6, 6.07) is 29.4. The molecule has 0 aliphatic heterocycles. The number of aromatic nitrogens is 1. The molecule has 1 heterocycles. The molecule has 0 unspecified atom stereocenters. The Kier molecular flexibility index (Phi) is 7.81. The molecule has 0 fully saturated rings. The second-order valence-electron chi connectivity index (χ2n) is 7.87. The van der Waals surface area contributed by atoms with Gasteiger partial charge in [-0.2, -0.15) is 5.26 Å². The second kappa shape index (κ2) is 11.4. The molecule has 1 aromatic heterocycles. The normalized spacial score (nSPS) is 10.4. The van der Waals surface area contributed by atoms with Crippen LogP contribution in [0, 0.1) is 18.3 Å². The number of hydrogen-bond acceptors (Lipinski definition) is 5. The first-order valence-corrected chi connectivity index (χ1v) is 12.3. The van der Waals surface area contributed by atoms with Crippen LogP contribution in [0.15, 0.2) is 90.0 Å². The highest BCUT2D eigenvalue weighted by Gasteiger charge is 2.17. The number of ether oxygens (including phenoxy) is 1. The summed E-state index contributed by atoms with van der Waals surface area (Å²) in [6.07, 6.45) is 0. The molecule has 174 valence electrons. The molecular formula is C29H25N3O2S. The Morgan fingerprint density at radius 2 is 1.71 bits per heavy atom. The Hall–Kier alpha value is -4.08. The highest BCUT2D eigenvalue weighted by Crippen LogP contribution is 2.34. The summed E-state index contributed by atoms with van der Waals surface area (Å²) in [6.45, 7) is 4.54. The van der Waals surface area contributed by atoms with Gasteiger partial charge in [-0.3, -0.25) is 4.79 Å². The van der Waals surface area contributed by atoms with Crippen LogP contribution in [0.25, 0.3) is 22.4 Å². The summed E-state index contributed by atoms with van der Waals surface area (Å²) in [7, 11) is 0. The largest absolute Gasteiger partial charge is 0.494 e. The van der Waals surface area contributed by atoms with E-state index in [1.54, 1.807) is 12.1 Å². The fourth-order valence-corrected chi connectivity index (χ4v) is 4.39. The molecule has 1 N–H and O–H groups in total. The van der Waals surface area contributed by atoms with Crippen LogP contribution in [0.4, 0.5) is 5.69 Å².